The first kappa shape index (κ1) is 17.0. The Morgan fingerprint density at radius 3 is 2.36 bits per heavy atom. The Balaban J connectivity index is 2.25. The van der Waals surface area contributed by atoms with E-state index in [0.717, 1.165) is 29.7 Å². The van der Waals surface area contributed by atoms with Crippen LogP contribution in [0.4, 0.5) is 0 Å². The quantitative estimate of drug-likeness (QED) is 0.796. The lowest BCUT2D eigenvalue weighted by atomic mass is 9.89. The zero-order valence-electron chi connectivity index (χ0n) is 13.5. The van der Waals surface area contributed by atoms with E-state index in [2.05, 4.69) is 0 Å². The number of carbonyl (C=O) groups is 1. The molecule has 5 nitrogen and oxygen atoms in total. The Labute approximate surface area is 132 Å². The van der Waals surface area contributed by atoms with Gasteiger partial charge in [0.2, 0.25) is 10.0 Å². The number of Topliss-reactive ketones (excluding diaryl/α,β-unsaturated/α-hetero) is 1. The summed E-state index contributed by atoms with van der Waals surface area (Å²) in [5, 5.41) is 0. The van der Waals surface area contributed by atoms with E-state index in [-0.39, 0.29) is 18.2 Å². The van der Waals surface area contributed by atoms with Gasteiger partial charge in [0, 0.05) is 24.6 Å². The molecule has 0 aromatic heterocycles. The maximum absolute atomic E-state index is 12.7. The number of hydrogen-bond acceptors (Lipinski definition) is 4. The molecule has 1 fully saturated rings. The lowest BCUT2D eigenvalue weighted by Crippen LogP contribution is -2.41. The van der Waals surface area contributed by atoms with Crippen LogP contribution in [0, 0.1) is 19.8 Å². The van der Waals surface area contributed by atoms with Crippen LogP contribution in [-0.2, 0) is 10.0 Å². The SMILES string of the molecule is COc1c(C)cc(C(=O)C2CCCN(S(C)(=O)=O)C2)cc1C. The van der Waals surface area contributed by atoms with Crippen molar-refractivity contribution >= 4 is 15.8 Å². The molecule has 0 N–H and O–H groups in total. The normalized spacial score (nSPS) is 19.9. The fourth-order valence-electron chi connectivity index (χ4n) is 3.11. The standard InChI is InChI=1S/C16H23NO4S/c1-11-8-14(9-12(2)16(11)21-3)15(18)13-6-5-7-17(10-13)22(4,19)20/h8-9,13H,5-7,10H2,1-4H3. The van der Waals surface area contributed by atoms with Crippen LogP contribution in [0.15, 0.2) is 12.1 Å². The molecule has 0 saturated carbocycles. The number of ether oxygens (including phenoxy) is 1. The van der Waals surface area contributed by atoms with E-state index in [1.807, 2.05) is 26.0 Å². The molecule has 2 rings (SSSR count). The van der Waals surface area contributed by atoms with Crippen LogP contribution in [0.25, 0.3) is 0 Å². The zero-order valence-corrected chi connectivity index (χ0v) is 14.4. The van der Waals surface area contributed by atoms with Crippen molar-refractivity contribution in [3.63, 3.8) is 0 Å². The fourth-order valence-corrected chi connectivity index (χ4v) is 4.02. The number of benzene rings is 1. The van der Waals surface area contributed by atoms with Crippen molar-refractivity contribution in [2.24, 2.45) is 5.92 Å². The Morgan fingerprint density at radius 1 is 1.27 bits per heavy atom. The average Bonchev–Trinajstić information content (AvgIpc) is 2.45. The number of nitrogens with zero attached hydrogens (tertiary/aromatic N) is 1. The molecule has 1 aromatic rings. The number of piperidine rings is 1. The highest BCUT2D eigenvalue weighted by Crippen LogP contribution is 2.28. The molecule has 22 heavy (non-hydrogen) atoms. The molecule has 0 radical (unpaired) electrons. The van der Waals surface area contributed by atoms with E-state index >= 15 is 0 Å². The average molecular weight is 325 g/mol. The predicted octanol–water partition coefficient (Wildman–Crippen LogP) is 2.17. The van der Waals surface area contributed by atoms with Crippen LogP contribution >= 0.6 is 0 Å². The van der Waals surface area contributed by atoms with Crippen LogP contribution in [0.5, 0.6) is 5.75 Å². The van der Waals surface area contributed by atoms with E-state index in [9.17, 15) is 13.2 Å². The number of sulfonamides is 1. The first-order chi connectivity index (χ1) is 10.2. The van der Waals surface area contributed by atoms with Crippen molar-refractivity contribution < 1.29 is 17.9 Å². The first-order valence-corrected chi connectivity index (χ1v) is 9.23. The molecule has 1 unspecified atom stereocenters. The first-order valence-electron chi connectivity index (χ1n) is 7.38. The summed E-state index contributed by atoms with van der Waals surface area (Å²) in [6.45, 7) is 4.60. The maximum atomic E-state index is 12.7. The highest BCUT2D eigenvalue weighted by molar-refractivity contribution is 7.88. The van der Waals surface area contributed by atoms with Crippen molar-refractivity contribution in [1.29, 1.82) is 0 Å². The molecular weight excluding hydrogens is 302 g/mol. The Kier molecular flexibility index (Phi) is 4.92. The van der Waals surface area contributed by atoms with E-state index in [1.54, 1.807) is 7.11 Å². The van der Waals surface area contributed by atoms with Gasteiger partial charge in [-0.15, -0.1) is 0 Å². The lowest BCUT2D eigenvalue weighted by molar-refractivity contribution is 0.0872. The van der Waals surface area contributed by atoms with Crippen molar-refractivity contribution in [2.75, 3.05) is 26.5 Å². The third-order valence-corrected chi connectivity index (χ3v) is 5.44. The largest absolute Gasteiger partial charge is 0.496 e. The molecule has 1 aliphatic rings. The summed E-state index contributed by atoms with van der Waals surface area (Å²) < 4.78 is 30.1. The third-order valence-electron chi connectivity index (χ3n) is 4.17. The number of aryl methyl sites for hydroxylation is 2. The Bertz CT molecular complexity index is 658. The second-order valence-corrected chi connectivity index (χ2v) is 7.95. The predicted molar refractivity (Wildman–Crippen MR) is 85.9 cm³/mol. The minimum absolute atomic E-state index is 0.0159. The Hall–Kier alpha value is -1.40. The zero-order chi connectivity index (χ0) is 16.5. The number of methoxy groups -OCH3 is 1. The summed E-state index contributed by atoms with van der Waals surface area (Å²) >= 11 is 0. The van der Waals surface area contributed by atoms with Gasteiger partial charge in [-0.05, 0) is 49.9 Å². The topological polar surface area (TPSA) is 63.7 Å². The number of hydrogen-bond donors (Lipinski definition) is 0. The van der Waals surface area contributed by atoms with Crippen molar-refractivity contribution in [2.45, 2.75) is 26.7 Å². The molecule has 6 heteroatoms. The van der Waals surface area contributed by atoms with Gasteiger partial charge in [0.05, 0.1) is 13.4 Å². The van der Waals surface area contributed by atoms with Gasteiger partial charge in [0.25, 0.3) is 0 Å². The molecule has 1 saturated heterocycles. The van der Waals surface area contributed by atoms with Crippen LogP contribution in [0.2, 0.25) is 0 Å². The van der Waals surface area contributed by atoms with Crippen LogP contribution in [0.3, 0.4) is 0 Å². The summed E-state index contributed by atoms with van der Waals surface area (Å²) in [5.41, 5.74) is 2.47. The van der Waals surface area contributed by atoms with E-state index < -0.39 is 10.0 Å². The van der Waals surface area contributed by atoms with Gasteiger partial charge in [-0.3, -0.25) is 4.79 Å². The summed E-state index contributed by atoms with van der Waals surface area (Å²) in [5.74, 6) is 0.538. The van der Waals surface area contributed by atoms with E-state index in [4.69, 9.17) is 4.74 Å². The number of ketones is 1. The molecular formula is C16H23NO4S. The summed E-state index contributed by atoms with van der Waals surface area (Å²) in [4.78, 5) is 12.7. The second kappa shape index (κ2) is 6.38. The molecule has 1 aliphatic heterocycles. The van der Waals surface area contributed by atoms with Gasteiger partial charge >= 0.3 is 0 Å². The van der Waals surface area contributed by atoms with Crippen LogP contribution < -0.4 is 4.74 Å². The molecule has 0 amide bonds. The smallest absolute Gasteiger partial charge is 0.211 e. The highest BCUT2D eigenvalue weighted by Gasteiger charge is 2.31. The van der Waals surface area contributed by atoms with E-state index in [1.165, 1.54) is 10.6 Å². The number of carbonyl (C=O) groups excluding carboxylic acids is 1. The van der Waals surface area contributed by atoms with Gasteiger partial charge < -0.3 is 4.74 Å². The van der Waals surface area contributed by atoms with Gasteiger partial charge in [0.1, 0.15) is 5.75 Å². The van der Waals surface area contributed by atoms with Gasteiger partial charge in [-0.1, -0.05) is 0 Å². The third kappa shape index (κ3) is 3.50. The molecule has 0 bridgehead atoms. The highest BCUT2D eigenvalue weighted by atomic mass is 32.2. The molecule has 122 valence electrons. The molecule has 1 heterocycles. The molecule has 1 atom stereocenters. The monoisotopic (exact) mass is 325 g/mol. The van der Waals surface area contributed by atoms with Crippen LogP contribution in [-0.4, -0.2) is 45.0 Å². The van der Waals surface area contributed by atoms with Crippen molar-refractivity contribution in [3.8, 4) is 5.75 Å². The fraction of sp³-hybridized carbons (Fsp3) is 0.562. The number of rotatable bonds is 4. The van der Waals surface area contributed by atoms with Gasteiger partial charge in [0.15, 0.2) is 5.78 Å². The van der Waals surface area contributed by atoms with Gasteiger partial charge in [-0.25, -0.2) is 12.7 Å². The van der Waals surface area contributed by atoms with Crippen LogP contribution in [0.1, 0.15) is 34.3 Å². The van der Waals surface area contributed by atoms with Crippen molar-refractivity contribution in [3.05, 3.63) is 28.8 Å². The molecule has 0 aliphatic carbocycles. The summed E-state index contributed by atoms with van der Waals surface area (Å²) in [6.07, 6.45) is 2.65. The summed E-state index contributed by atoms with van der Waals surface area (Å²) in [7, 11) is -1.63. The minimum atomic E-state index is -3.24. The second-order valence-electron chi connectivity index (χ2n) is 5.97. The van der Waals surface area contributed by atoms with Gasteiger partial charge in [-0.2, -0.15) is 0 Å². The maximum Gasteiger partial charge on any atom is 0.211 e. The molecule has 1 aromatic carbocycles. The van der Waals surface area contributed by atoms with Crippen molar-refractivity contribution in [1.82, 2.24) is 4.31 Å². The lowest BCUT2D eigenvalue weighted by Gasteiger charge is -2.30. The Morgan fingerprint density at radius 2 is 1.86 bits per heavy atom. The summed E-state index contributed by atoms with van der Waals surface area (Å²) in [6, 6.07) is 3.65. The molecule has 0 spiro atoms. The minimum Gasteiger partial charge on any atom is -0.496 e. The van der Waals surface area contributed by atoms with E-state index in [0.29, 0.717) is 12.1 Å².